The average Bonchev–Trinajstić information content (AvgIpc) is 3.38. The van der Waals surface area contributed by atoms with E-state index in [0.717, 1.165) is 46.2 Å². The first-order chi connectivity index (χ1) is 14.0. The van der Waals surface area contributed by atoms with Crippen molar-refractivity contribution in [3.05, 3.63) is 63.3 Å². The fourth-order valence-corrected chi connectivity index (χ4v) is 5.58. The molecule has 2 aliphatic heterocycles. The summed E-state index contributed by atoms with van der Waals surface area (Å²) in [6, 6.07) is 11.7. The van der Waals surface area contributed by atoms with E-state index in [-0.39, 0.29) is 35.6 Å². The molecule has 1 aliphatic carbocycles. The minimum atomic E-state index is -0.230. The molecule has 2 bridgehead atoms. The van der Waals surface area contributed by atoms with Crippen molar-refractivity contribution >= 4 is 27.3 Å². The summed E-state index contributed by atoms with van der Waals surface area (Å²) < 4.78 is 13.0. The molecule has 2 aromatic rings. The van der Waals surface area contributed by atoms with Gasteiger partial charge in [0, 0.05) is 4.47 Å². The summed E-state index contributed by atoms with van der Waals surface area (Å²) >= 11 is 3.47. The Morgan fingerprint density at radius 2 is 1.90 bits per heavy atom. The Hall–Kier alpha value is -2.11. The first-order valence-electron chi connectivity index (χ1n) is 10.2. The van der Waals surface area contributed by atoms with Gasteiger partial charge in [-0.1, -0.05) is 28.9 Å². The van der Waals surface area contributed by atoms with Crippen molar-refractivity contribution in [2.75, 3.05) is 0 Å². The van der Waals surface area contributed by atoms with Gasteiger partial charge in [-0.3, -0.25) is 4.79 Å². The Morgan fingerprint density at radius 3 is 2.59 bits per heavy atom. The number of aliphatic hydroxyl groups excluding tert-OH is 1. The van der Waals surface area contributed by atoms with Gasteiger partial charge >= 0.3 is 0 Å². The number of carbonyl (C=O) groups excluding carboxylic acids is 1. The van der Waals surface area contributed by atoms with Crippen molar-refractivity contribution in [3.63, 3.8) is 0 Å². The number of Topliss-reactive ketones (excluding diaryl/α,β-unsaturated/α-hetero) is 1. The first-order valence-corrected chi connectivity index (χ1v) is 11.0. The molecule has 0 saturated carbocycles. The second-order valence-corrected chi connectivity index (χ2v) is 9.07. The third-order valence-corrected chi connectivity index (χ3v) is 6.98. The smallest absolute Gasteiger partial charge is 0.173 e. The van der Waals surface area contributed by atoms with Crippen LogP contribution >= 0.6 is 15.9 Å². The van der Waals surface area contributed by atoms with Gasteiger partial charge in [-0.05, 0) is 73.2 Å². The quantitative estimate of drug-likeness (QED) is 0.637. The lowest BCUT2D eigenvalue weighted by Gasteiger charge is -2.19. The van der Waals surface area contributed by atoms with Crippen LogP contribution in [0.15, 0.2) is 46.6 Å². The topological polar surface area (TPSA) is 55.8 Å². The predicted molar refractivity (Wildman–Crippen MR) is 114 cm³/mol. The number of halogens is 1. The molecule has 0 spiro atoms. The van der Waals surface area contributed by atoms with Crippen LogP contribution in [-0.4, -0.2) is 23.1 Å². The van der Waals surface area contributed by atoms with Gasteiger partial charge in [0.25, 0.3) is 0 Å². The third kappa shape index (κ3) is 2.94. The molecular weight excluding hydrogens is 432 g/mol. The second-order valence-electron chi connectivity index (χ2n) is 8.15. The molecule has 5 heteroatoms. The number of hydrogen-bond acceptors (Lipinski definition) is 4. The van der Waals surface area contributed by atoms with E-state index in [9.17, 15) is 9.90 Å². The van der Waals surface area contributed by atoms with Crippen molar-refractivity contribution < 1.29 is 19.4 Å². The molecule has 2 fully saturated rings. The molecular formula is C24H23BrO4. The number of rotatable bonds is 4. The molecule has 29 heavy (non-hydrogen) atoms. The standard InChI is InChI=1S/C24H23BrO4/c1-3-13-4-6-15(28-17-7-5-14(25)10-12(17)2)11-16(13)20-23(26)21-18-8-9-19(29-18)22(21)24(20)27/h4-7,10-11,18-19,21-22,26H,3,8-9H2,1-2H3/t18-,19+,21+,22-/m0/s1. The lowest BCUT2D eigenvalue weighted by Crippen LogP contribution is -2.29. The highest BCUT2D eigenvalue weighted by atomic mass is 79.9. The van der Waals surface area contributed by atoms with Gasteiger partial charge in [0.2, 0.25) is 0 Å². The van der Waals surface area contributed by atoms with Gasteiger partial charge in [0.1, 0.15) is 17.3 Å². The number of carbonyl (C=O) groups is 1. The number of aryl methyl sites for hydroxylation is 2. The SMILES string of the molecule is CCc1ccc(Oc2ccc(Br)cc2C)cc1C1=C(O)[C@H]2[C@@H](C1=O)[C@H]1CC[C@@H]2O1. The molecule has 5 rings (SSSR count). The number of fused-ring (bicyclic) bond motifs is 5. The van der Waals surface area contributed by atoms with E-state index in [1.54, 1.807) is 0 Å². The van der Waals surface area contributed by atoms with Gasteiger partial charge < -0.3 is 14.6 Å². The molecule has 2 saturated heterocycles. The van der Waals surface area contributed by atoms with E-state index in [1.807, 2.05) is 43.3 Å². The lowest BCUT2D eigenvalue weighted by molar-refractivity contribution is -0.118. The van der Waals surface area contributed by atoms with Gasteiger partial charge in [-0.15, -0.1) is 0 Å². The molecule has 0 amide bonds. The van der Waals surface area contributed by atoms with Gasteiger partial charge in [-0.2, -0.15) is 0 Å². The Balaban J connectivity index is 1.54. The van der Waals surface area contributed by atoms with Crippen molar-refractivity contribution in [2.24, 2.45) is 11.8 Å². The number of ketones is 1. The molecule has 150 valence electrons. The summed E-state index contributed by atoms with van der Waals surface area (Å²) in [7, 11) is 0. The fourth-order valence-electron chi connectivity index (χ4n) is 5.10. The Bertz CT molecular complexity index is 1040. The fraction of sp³-hybridized carbons (Fsp3) is 0.375. The molecule has 1 N–H and O–H groups in total. The van der Waals surface area contributed by atoms with Crippen molar-refractivity contribution in [2.45, 2.75) is 45.3 Å². The summed E-state index contributed by atoms with van der Waals surface area (Å²) in [6.45, 7) is 4.05. The number of hydrogen-bond donors (Lipinski definition) is 1. The number of ether oxygens (including phenoxy) is 2. The maximum atomic E-state index is 13.3. The maximum Gasteiger partial charge on any atom is 0.173 e. The molecule has 0 radical (unpaired) electrons. The van der Waals surface area contributed by atoms with Crippen LogP contribution < -0.4 is 4.74 Å². The normalized spacial score (nSPS) is 27.6. The zero-order chi connectivity index (χ0) is 20.3. The first kappa shape index (κ1) is 18.9. The molecule has 4 nitrogen and oxygen atoms in total. The summed E-state index contributed by atoms with van der Waals surface area (Å²) in [4.78, 5) is 13.3. The van der Waals surface area contributed by atoms with Crippen LogP contribution in [-0.2, 0) is 16.0 Å². The van der Waals surface area contributed by atoms with E-state index >= 15 is 0 Å². The van der Waals surface area contributed by atoms with E-state index in [2.05, 4.69) is 22.9 Å². The average molecular weight is 455 g/mol. The lowest BCUT2D eigenvalue weighted by atomic mass is 9.80. The Labute approximate surface area is 178 Å². The van der Waals surface area contributed by atoms with Crippen LogP contribution in [0.5, 0.6) is 11.5 Å². The highest BCUT2D eigenvalue weighted by Crippen LogP contribution is 2.54. The molecule has 2 aromatic carbocycles. The van der Waals surface area contributed by atoms with Crippen LogP contribution in [0.3, 0.4) is 0 Å². The van der Waals surface area contributed by atoms with E-state index < -0.39 is 0 Å². The van der Waals surface area contributed by atoms with Crippen molar-refractivity contribution in [3.8, 4) is 11.5 Å². The zero-order valence-electron chi connectivity index (χ0n) is 16.4. The molecule has 3 aliphatic rings. The van der Waals surface area contributed by atoms with Crippen LogP contribution in [0.4, 0.5) is 0 Å². The number of benzene rings is 2. The highest BCUT2D eigenvalue weighted by Gasteiger charge is 2.59. The van der Waals surface area contributed by atoms with Crippen LogP contribution in [0.25, 0.3) is 5.57 Å². The van der Waals surface area contributed by atoms with Crippen LogP contribution in [0.1, 0.15) is 36.5 Å². The molecule has 0 unspecified atom stereocenters. The minimum Gasteiger partial charge on any atom is -0.511 e. The van der Waals surface area contributed by atoms with Gasteiger partial charge in [0.05, 0.1) is 29.6 Å². The Morgan fingerprint density at radius 1 is 1.14 bits per heavy atom. The highest BCUT2D eigenvalue weighted by molar-refractivity contribution is 9.10. The zero-order valence-corrected chi connectivity index (χ0v) is 18.0. The van der Waals surface area contributed by atoms with E-state index in [0.29, 0.717) is 11.3 Å². The van der Waals surface area contributed by atoms with Crippen LogP contribution in [0.2, 0.25) is 0 Å². The number of allylic oxidation sites excluding steroid dienone is 1. The van der Waals surface area contributed by atoms with Crippen molar-refractivity contribution in [1.29, 1.82) is 0 Å². The largest absolute Gasteiger partial charge is 0.511 e. The third-order valence-electron chi connectivity index (χ3n) is 6.49. The minimum absolute atomic E-state index is 0.0198. The summed E-state index contributed by atoms with van der Waals surface area (Å²) in [5.41, 5.74) is 3.31. The number of aliphatic hydroxyl groups is 1. The second kappa shape index (κ2) is 6.99. The maximum absolute atomic E-state index is 13.3. The predicted octanol–water partition coefficient (Wildman–Crippen LogP) is 5.76. The van der Waals surface area contributed by atoms with Gasteiger partial charge in [0.15, 0.2) is 5.78 Å². The van der Waals surface area contributed by atoms with E-state index in [1.165, 1.54) is 0 Å². The summed E-state index contributed by atoms with van der Waals surface area (Å²) in [5.74, 6) is 1.24. The molecule has 0 aromatic heterocycles. The molecule has 4 atom stereocenters. The van der Waals surface area contributed by atoms with E-state index in [4.69, 9.17) is 9.47 Å². The van der Waals surface area contributed by atoms with Crippen LogP contribution in [0, 0.1) is 18.8 Å². The van der Waals surface area contributed by atoms with Gasteiger partial charge in [-0.25, -0.2) is 0 Å². The Kier molecular flexibility index (Phi) is 4.56. The summed E-state index contributed by atoms with van der Waals surface area (Å²) in [5, 5.41) is 11.0. The molecule has 2 heterocycles. The monoisotopic (exact) mass is 454 g/mol. The summed E-state index contributed by atoms with van der Waals surface area (Å²) in [6.07, 6.45) is 2.53. The van der Waals surface area contributed by atoms with Crippen molar-refractivity contribution in [1.82, 2.24) is 0 Å².